The van der Waals surface area contributed by atoms with E-state index in [1.807, 2.05) is 26.0 Å². The van der Waals surface area contributed by atoms with Gasteiger partial charge in [0.15, 0.2) is 11.3 Å². The molecule has 1 aliphatic rings. The van der Waals surface area contributed by atoms with Crippen LogP contribution in [0.1, 0.15) is 45.7 Å². The van der Waals surface area contributed by atoms with Crippen LogP contribution in [-0.2, 0) is 10.0 Å². The zero-order valence-corrected chi connectivity index (χ0v) is 19.9. The van der Waals surface area contributed by atoms with Crippen LogP contribution in [-0.4, -0.2) is 39.4 Å². The lowest BCUT2D eigenvalue weighted by molar-refractivity contribution is 0.0762. The maximum Gasteiger partial charge on any atom is 0.289 e. The number of nitrogens with one attached hydrogen (secondary N) is 1. The van der Waals surface area contributed by atoms with E-state index >= 15 is 0 Å². The number of carbonyl (C=O) groups is 1. The molecule has 3 aromatic rings. The summed E-state index contributed by atoms with van der Waals surface area (Å²) in [5.74, 6) is 0.431. The number of furan rings is 1. The molecule has 32 heavy (non-hydrogen) atoms. The Balaban J connectivity index is 1.88. The van der Waals surface area contributed by atoms with Crippen molar-refractivity contribution in [2.24, 2.45) is 0 Å². The van der Waals surface area contributed by atoms with E-state index in [9.17, 15) is 13.2 Å². The van der Waals surface area contributed by atoms with Crippen molar-refractivity contribution < 1.29 is 22.4 Å². The number of sulfonamides is 1. The molecule has 0 bridgehead atoms. The number of nitrogens with zero attached hydrogens (tertiary/aromatic N) is 1. The van der Waals surface area contributed by atoms with Gasteiger partial charge in [-0.15, -0.1) is 0 Å². The highest BCUT2D eigenvalue weighted by atomic mass is 32.2. The van der Waals surface area contributed by atoms with Crippen molar-refractivity contribution in [1.82, 2.24) is 4.90 Å². The monoisotopic (exact) mass is 456 g/mol. The molecule has 0 unspecified atom stereocenters. The molecule has 1 aromatic heterocycles. The highest BCUT2D eigenvalue weighted by Crippen LogP contribution is 2.37. The van der Waals surface area contributed by atoms with E-state index < -0.39 is 10.0 Å². The maximum atomic E-state index is 13.6. The molecule has 170 valence electrons. The lowest BCUT2D eigenvalue weighted by Gasteiger charge is -2.15. The van der Waals surface area contributed by atoms with Gasteiger partial charge in [0.05, 0.1) is 12.8 Å². The van der Waals surface area contributed by atoms with Gasteiger partial charge < -0.3 is 14.1 Å². The van der Waals surface area contributed by atoms with Crippen LogP contribution >= 0.6 is 0 Å². The molecule has 0 spiro atoms. The number of hydrogen-bond acceptors (Lipinski definition) is 5. The predicted octanol–water partition coefficient (Wildman–Crippen LogP) is 4.71. The lowest BCUT2D eigenvalue weighted by atomic mass is 10.0. The molecule has 4 rings (SSSR count). The third kappa shape index (κ3) is 3.72. The minimum Gasteiger partial charge on any atom is -0.495 e. The zero-order chi connectivity index (χ0) is 23.2. The quantitative estimate of drug-likeness (QED) is 0.601. The molecule has 0 radical (unpaired) electrons. The number of aryl methyl sites for hydroxylation is 3. The number of rotatable bonds is 5. The summed E-state index contributed by atoms with van der Waals surface area (Å²) in [6.45, 7) is 8.66. The van der Waals surface area contributed by atoms with Crippen molar-refractivity contribution in [3.05, 3.63) is 52.3 Å². The fraction of sp³-hybridized carbons (Fsp3) is 0.375. The van der Waals surface area contributed by atoms with E-state index in [0.29, 0.717) is 41.0 Å². The Kier molecular flexibility index (Phi) is 5.67. The van der Waals surface area contributed by atoms with Crippen LogP contribution in [0.4, 0.5) is 5.69 Å². The summed E-state index contributed by atoms with van der Waals surface area (Å²) in [5.41, 5.74) is 3.47. The van der Waals surface area contributed by atoms with Crippen molar-refractivity contribution in [3.8, 4) is 5.75 Å². The average Bonchev–Trinajstić information content (AvgIpc) is 3.37. The summed E-state index contributed by atoms with van der Waals surface area (Å²) in [6, 6.07) is 7.17. The van der Waals surface area contributed by atoms with Crippen molar-refractivity contribution in [2.75, 3.05) is 24.9 Å². The standard InChI is InChI=1S/C24H28N2O5S/c1-14-8-9-20(30-5)19(12-14)25-32(28,29)23-16(3)15(2)13-18-17(4)21(31-22(18)23)24(27)26-10-6-7-11-26/h8-9,12-13,25H,6-7,10-11H2,1-5H3. The van der Waals surface area contributed by atoms with Crippen molar-refractivity contribution in [1.29, 1.82) is 0 Å². The Hall–Kier alpha value is -3.00. The smallest absolute Gasteiger partial charge is 0.289 e. The Morgan fingerprint density at radius 1 is 1.06 bits per heavy atom. The van der Waals surface area contributed by atoms with E-state index in [4.69, 9.17) is 9.15 Å². The van der Waals surface area contributed by atoms with E-state index in [2.05, 4.69) is 4.72 Å². The molecule has 1 saturated heterocycles. The molecule has 0 atom stereocenters. The van der Waals surface area contributed by atoms with Gasteiger partial charge in [-0.3, -0.25) is 9.52 Å². The first-order valence-corrected chi connectivity index (χ1v) is 12.1. The molecule has 1 N–H and O–H groups in total. The van der Waals surface area contributed by atoms with Gasteiger partial charge in [-0.2, -0.15) is 0 Å². The molecule has 8 heteroatoms. The molecule has 1 fully saturated rings. The molecular weight excluding hydrogens is 428 g/mol. The first-order valence-electron chi connectivity index (χ1n) is 10.6. The second-order valence-corrected chi connectivity index (χ2v) is 10.0. The molecule has 0 aliphatic carbocycles. The van der Waals surface area contributed by atoms with Crippen LogP contribution in [0.25, 0.3) is 11.0 Å². The molecular formula is C24H28N2O5S. The highest BCUT2D eigenvalue weighted by Gasteiger charge is 2.31. The fourth-order valence-corrected chi connectivity index (χ4v) is 5.74. The van der Waals surface area contributed by atoms with Gasteiger partial charge in [0.1, 0.15) is 10.6 Å². The minimum absolute atomic E-state index is 0.0413. The van der Waals surface area contributed by atoms with Gasteiger partial charge in [-0.25, -0.2) is 8.42 Å². The molecule has 1 amide bonds. The molecule has 0 saturated carbocycles. The van der Waals surface area contributed by atoms with Crippen LogP contribution in [0.2, 0.25) is 0 Å². The van der Waals surface area contributed by atoms with Crippen LogP contribution < -0.4 is 9.46 Å². The lowest BCUT2D eigenvalue weighted by Crippen LogP contribution is -2.27. The first-order chi connectivity index (χ1) is 15.1. The molecule has 7 nitrogen and oxygen atoms in total. The minimum atomic E-state index is -4.04. The van der Waals surface area contributed by atoms with Crippen LogP contribution in [0.5, 0.6) is 5.75 Å². The number of amides is 1. The number of benzene rings is 2. The summed E-state index contributed by atoms with van der Waals surface area (Å²) < 4.78 is 41.2. The number of likely N-dealkylation sites (tertiary alicyclic amines) is 1. The molecule has 1 aliphatic heterocycles. The van der Waals surface area contributed by atoms with Crippen molar-refractivity contribution >= 4 is 32.6 Å². The SMILES string of the molecule is COc1ccc(C)cc1NS(=O)(=O)c1c(C)c(C)cc2c(C)c(C(=O)N3CCCC3)oc12. The topological polar surface area (TPSA) is 88.8 Å². The summed E-state index contributed by atoms with van der Waals surface area (Å²) >= 11 is 0. The molecule has 2 heterocycles. The number of fused-ring (bicyclic) bond motifs is 1. The van der Waals surface area contributed by atoms with E-state index in [0.717, 1.165) is 24.0 Å². The highest BCUT2D eigenvalue weighted by molar-refractivity contribution is 7.93. The number of carbonyl (C=O) groups excluding carboxylic acids is 1. The summed E-state index contributed by atoms with van der Waals surface area (Å²) in [4.78, 5) is 14.8. The van der Waals surface area contributed by atoms with Crippen molar-refractivity contribution in [3.63, 3.8) is 0 Å². The van der Waals surface area contributed by atoms with E-state index in [1.165, 1.54) is 7.11 Å². The van der Waals surface area contributed by atoms with Crippen molar-refractivity contribution in [2.45, 2.75) is 45.4 Å². The third-order valence-electron chi connectivity index (χ3n) is 6.15. The van der Waals surface area contributed by atoms with Gasteiger partial charge in [0.2, 0.25) is 0 Å². The average molecular weight is 457 g/mol. The number of anilines is 1. The normalized spacial score (nSPS) is 14.2. The van der Waals surface area contributed by atoms with Crippen LogP contribution in [0, 0.1) is 27.7 Å². The van der Waals surface area contributed by atoms with E-state index in [-0.39, 0.29) is 22.1 Å². The van der Waals surface area contributed by atoms with Gasteiger partial charge in [0.25, 0.3) is 15.9 Å². The first kappa shape index (κ1) is 22.2. The maximum absolute atomic E-state index is 13.6. The fourth-order valence-electron chi connectivity index (χ4n) is 4.23. The number of methoxy groups -OCH3 is 1. The van der Waals surface area contributed by atoms with Gasteiger partial charge in [-0.1, -0.05) is 6.07 Å². The number of hydrogen-bond donors (Lipinski definition) is 1. The Bertz CT molecular complexity index is 1320. The largest absolute Gasteiger partial charge is 0.495 e. The number of ether oxygens (including phenoxy) is 1. The summed E-state index contributed by atoms with van der Waals surface area (Å²) in [6.07, 6.45) is 1.93. The summed E-state index contributed by atoms with van der Waals surface area (Å²) in [5, 5.41) is 0.632. The second-order valence-electron chi connectivity index (χ2n) is 8.39. The predicted molar refractivity (Wildman–Crippen MR) is 124 cm³/mol. The van der Waals surface area contributed by atoms with Crippen LogP contribution in [0.3, 0.4) is 0 Å². The Morgan fingerprint density at radius 2 is 1.75 bits per heavy atom. The van der Waals surface area contributed by atoms with Gasteiger partial charge in [0, 0.05) is 24.0 Å². The van der Waals surface area contributed by atoms with Gasteiger partial charge in [-0.05, 0) is 75.4 Å². The Labute approximate surface area is 188 Å². The zero-order valence-electron chi connectivity index (χ0n) is 19.0. The third-order valence-corrected chi connectivity index (χ3v) is 7.67. The molecule has 2 aromatic carbocycles. The van der Waals surface area contributed by atoms with Gasteiger partial charge >= 0.3 is 0 Å². The Morgan fingerprint density at radius 3 is 2.41 bits per heavy atom. The summed E-state index contributed by atoms with van der Waals surface area (Å²) in [7, 11) is -2.55. The van der Waals surface area contributed by atoms with E-state index in [1.54, 1.807) is 30.9 Å². The van der Waals surface area contributed by atoms with Crippen LogP contribution in [0.15, 0.2) is 33.6 Å². The second kappa shape index (κ2) is 8.16.